The van der Waals surface area contributed by atoms with Gasteiger partial charge in [0.1, 0.15) is 11.5 Å². The molecule has 0 radical (unpaired) electrons. The minimum atomic E-state index is -0.307. The van der Waals surface area contributed by atoms with Crippen molar-refractivity contribution in [2.75, 3.05) is 45.3 Å². The third-order valence-electron chi connectivity index (χ3n) is 6.81. The van der Waals surface area contributed by atoms with Gasteiger partial charge in [0.2, 0.25) is 0 Å². The molecule has 0 aliphatic carbocycles. The number of benzene rings is 2. The van der Waals surface area contributed by atoms with Gasteiger partial charge in [-0.1, -0.05) is 39.3 Å². The van der Waals surface area contributed by atoms with Gasteiger partial charge >= 0.3 is 6.03 Å². The Hall–Kier alpha value is -3.27. The van der Waals surface area contributed by atoms with Crippen LogP contribution in [0.2, 0.25) is 5.02 Å². The third-order valence-corrected chi connectivity index (χ3v) is 7.12. The third kappa shape index (κ3) is 9.93. The van der Waals surface area contributed by atoms with Gasteiger partial charge in [-0.2, -0.15) is 0 Å². The highest BCUT2D eigenvalue weighted by Gasteiger charge is 2.15. The van der Waals surface area contributed by atoms with Crippen LogP contribution in [-0.4, -0.2) is 67.0 Å². The number of carbonyl (C=O) groups is 1. The molecule has 2 amide bonds. The van der Waals surface area contributed by atoms with Crippen molar-refractivity contribution >= 4 is 34.2 Å². The summed E-state index contributed by atoms with van der Waals surface area (Å²) in [6.07, 6.45) is 4.38. The summed E-state index contributed by atoms with van der Waals surface area (Å²) in [6.45, 7) is 13.5. The number of aliphatic hydroxyl groups excluding tert-OH is 1. The Morgan fingerprint density at radius 1 is 1.12 bits per heavy atom. The lowest BCUT2D eigenvalue weighted by atomic mass is 9.92. The van der Waals surface area contributed by atoms with Crippen molar-refractivity contribution in [2.24, 2.45) is 5.41 Å². The second-order valence-electron chi connectivity index (χ2n) is 11.5. The lowest BCUT2D eigenvalue weighted by Crippen LogP contribution is -2.37. The van der Waals surface area contributed by atoms with Gasteiger partial charge in [-0.3, -0.25) is 9.88 Å². The maximum Gasteiger partial charge on any atom is 0.319 e. The van der Waals surface area contributed by atoms with E-state index in [1.807, 2.05) is 19.1 Å². The highest BCUT2D eigenvalue weighted by Crippen LogP contribution is 2.38. The Morgan fingerprint density at radius 3 is 2.57 bits per heavy atom. The number of methoxy groups -OCH3 is 1. The first kappa shape index (κ1) is 33.2. The highest BCUT2D eigenvalue weighted by molar-refractivity contribution is 6.33. The van der Waals surface area contributed by atoms with Crippen LogP contribution in [0, 0.1) is 5.41 Å². The van der Waals surface area contributed by atoms with Gasteiger partial charge in [0.05, 0.1) is 36.6 Å². The van der Waals surface area contributed by atoms with E-state index in [4.69, 9.17) is 25.8 Å². The van der Waals surface area contributed by atoms with Crippen molar-refractivity contribution in [1.82, 2.24) is 15.2 Å². The molecule has 42 heavy (non-hydrogen) atoms. The average Bonchev–Trinajstić information content (AvgIpc) is 2.94. The van der Waals surface area contributed by atoms with Crippen molar-refractivity contribution in [1.29, 1.82) is 0 Å². The molecular formula is C32H45ClN4O5. The molecule has 0 aliphatic heterocycles. The van der Waals surface area contributed by atoms with Crippen LogP contribution in [0.1, 0.15) is 53.9 Å². The van der Waals surface area contributed by atoms with Gasteiger partial charge < -0.3 is 30.0 Å². The number of rotatable bonds is 15. The number of hydrogen-bond donors (Lipinski definition) is 3. The zero-order valence-electron chi connectivity index (χ0n) is 25.6. The van der Waals surface area contributed by atoms with E-state index in [1.165, 1.54) is 0 Å². The number of urea groups is 1. The van der Waals surface area contributed by atoms with Gasteiger partial charge in [-0.15, -0.1) is 0 Å². The number of nitrogens with zero attached hydrogens (tertiary/aromatic N) is 2. The minimum absolute atomic E-state index is 0.119. The fraction of sp³-hybridized carbons (Fsp3) is 0.500. The second-order valence-corrected chi connectivity index (χ2v) is 11.9. The molecule has 9 nitrogen and oxygen atoms in total. The summed E-state index contributed by atoms with van der Waals surface area (Å²) >= 11 is 6.47. The molecule has 0 spiro atoms. The minimum Gasteiger partial charge on any atom is -0.493 e. The highest BCUT2D eigenvalue weighted by atomic mass is 35.5. The topological polar surface area (TPSA) is 105 Å². The smallest absolute Gasteiger partial charge is 0.319 e. The standard InChI is InChI=1S/C32H45ClN4O5/c1-7-15-37(22(2)21-38)16-8-17-41-30-20-27-24(19-29(30)40-6)28(11-13-34-27)42-23-9-10-26(25(33)18-23)36-31(39)35-14-12-32(3,4)5/h9-11,13,18-20,22,38H,7-8,12,14-17,21H2,1-6H3,(H2,35,36,39)/t22-/m0/s1. The van der Waals surface area contributed by atoms with E-state index < -0.39 is 0 Å². The molecule has 0 saturated carbocycles. The number of aromatic nitrogens is 1. The van der Waals surface area contributed by atoms with Crippen LogP contribution >= 0.6 is 11.6 Å². The maximum atomic E-state index is 12.3. The summed E-state index contributed by atoms with van der Waals surface area (Å²) < 4.78 is 17.9. The molecule has 230 valence electrons. The fourth-order valence-electron chi connectivity index (χ4n) is 4.40. The van der Waals surface area contributed by atoms with Crippen LogP contribution in [0.25, 0.3) is 10.9 Å². The first-order valence-electron chi connectivity index (χ1n) is 14.5. The zero-order valence-corrected chi connectivity index (χ0v) is 26.4. The molecular weight excluding hydrogens is 556 g/mol. The lowest BCUT2D eigenvalue weighted by Gasteiger charge is -2.27. The monoisotopic (exact) mass is 600 g/mol. The molecule has 10 heteroatoms. The average molecular weight is 601 g/mol. The first-order chi connectivity index (χ1) is 20.0. The lowest BCUT2D eigenvalue weighted by molar-refractivity contribution is 0.126. The normalized spacial score (nSPS) is 12.3. The van der Waals surface area contributed by atoms with Crippen molar-refractivity contribution in [3.8, 4) is 23.0 Å². The number of hydrogen-bond acceptors (Lipinski definition) is 7. The Kier molecular flexibility index (Phi) is 12.5. The summed E-state index contributed by atoms with van der Waals surface area (Å²) in [4.78, 5) is 19.1. The van der Waals surface area contributed by atoms with E-state index in [0.717, 1.165) is 37.7 Å². The molecule has 1 atom stereocenters. The largest absolute Gasteiger partial charge is 0.493 e. The molecule has 1 heterocycles. The number of anilines is 1. The quantitative estimate of drug-likeness (QED) is 0.160. The van der Waals surface area contributed by atoms with Crippen molar-refractivity contribution < 1.29 is 24.1 Å². The van der Waals surface area contributed by atoms with Crippen molar-refractivity contribution in [3.05, 3.63) is 47.6 Å². The number of ether oxygens (including phenoxy) is 3. The van der Waals surface area contributed by atoms with Crippen molar-refractivity contribution in [2.45, 2.75) is 59.9 Å². The molecule has 3 aromatic rings. The number of nitrogens with one attached hydrogen (secondary N) is 2. The van der Waals surface area contributed by atoms with Crippen LogP contribution in [0.3, 0.4) is 0 Å². The number of amides is 2. The number of pyridine rings is 1. The SMILES string of the molecule is CCCN(CCCOc1cc2nccc(Oc3ccc(NC(=O)NCCC(C)(C)C)c(Cl)c3)c2cc1OC)[C@@H](C)CO. The van der Waals surface area contributed by atoms with Crippen LogP contribution in [0.4, 0.5) is 10.5 Å². The molecule has 1 aromatic heterocycles. The number of aliphatic hydroxyl groups is 1. The van der Waals surface area contributed by atoms with Crippen LogP contribution in [-0.2, 0) is 0 Å². The van der Waals surface area contributed by atoms with E-state index in [2.05, 4.69) is 48.2 Å². The Balaban J connectivity index is 1.67. The molecule has 0 saturated heterocycles. The second kappa shape index (κ2) is 15.8. The fourth-order valence-corrected chi connectivity index (χ4v) is 4.62. The van der Waals surface area contributed by atoms with Gasteiger partial charge in [-0.05, 0) is 62.4 Å². The number of halogens is 1. The van der Waals surface area contributed by atoms with Gasteiger partial charge in [-0.25, -0.2) is 4.79 Å². The zero-order chi connectivity index (χ0) is 30.7. The van der Waals surface area contributed by atoms with Crippen LogP contribution < -0.4 is 24.8 Å². The first-order valence-corrected chi connectivity index (χ1v) is 14.9. The number of fused-ring (bicyclic) bond motifs is 1. The van der Waals surface area contributed by atoms with E-state index in [9.17, 15) is 9.90 Å². The Morgan fingerprint density at radius 2 is 1.90 bits per heavy atom. The van der Waals surface area contributed by atoms with Crippen LogP contribution in [0.5, 0.6) is 23.0 Å². The van der Waals surface area contributed by atoms with E-state index in [0.29, 0.717) is 52.4 Å². The maximum absolute atomic E-state index is 12.3. The Bertz CT molecular complexity index is 1310. The van der Waals surface area contributed by atoms with E-state index in [-0.39, 0.29) is 24.1 Å². The summed E-state index contributed by atoms with van der Waals surface area (Å²) in [7, 11) is 1.60. The summed E-state index contributed by atoms with van der Waals surface area (Å²) in [6, 6.07) is 10.4. The molecule has 0 aliphatic rings. The Labute approximate surface area is 254 Å². The summed E-state index contributed by atoms with van der Waals surface area (Å²) in [5, 5.41) is 16.3. The van der Waals surface area contributed by atoms with E-state index >= 15 is 0 Å². The predicted molar refractivity (Wildman–Crippen MR) is 169 cm³/mol. The van der Waals surface area contributed by atoms with Crippen molar-refractivity contribution in [3.63, 3.8) is 0 Å². The molecule has 3 rings (SSSR count). The predicted octanol–water partition coefficient (Wildman–Crippen LogP) is 7.11. The van der Waals surface area contributed by atoms with Gasteiger partial charge in [0.15, 0.2) is 11.5 Å². The molecule has 0 fully saturated rings. The van der Waals surface area contributed by atoms with E-state index in [1.54, 1.807) is 37.6 Å². The van der Waals surface area contributed by atoms with Gasteiger partial charge in [0, 0.05) is 42.8 Å². The number of carbonyl (C=O) groups excluding carboxylic acids is 1. The molecule has 2 aromatic carbocycles. The summed E-state index contributed by atoms with van der Waals surface area (Å²) in [5.41, 5.74) is 1.32. The molecule has 0 bridgehead atoms. The molecule has 0 unspecified atom stereocenters. The summed E-state index contributed by atoms with van der Waals surface area (Å²) in [5.74, 6) is 2.27. The van der Waals surface area contributed by atoms with Crippen LogP contribution in [0.15, 0.2) is 42.6 Å². The molecule has 3 N–H and O–H groups in total. The van der Waals surface area contributed by atoms with Gasteiger partial charge in [0.25, 0.3) is 0 Å².